The second-order valence-electron chi connectivity index (χ2n) is 5.75. The molecular formula is C15H18BrN5O. The van der Waals surface area contributed by atoms with Gasteiger partial charge in [0.25, 0.3) is 0 Å². The Kier molecular flexibility index (Phi) is 4.82. The number of tetrazole rings is 1. The minimum atomic E-state index is 0.105. The van der Waals surface area contributed by atoms with Crippen molar-refractivity contribution in [2.45, 2.75) is 32.2 Å². The van der Waals surface area contributed by atoms with Gasteiger partial charge in [0.05, 0.1) is 0 Å². The van der Waals surface area contributed by atoms with E-state index in [0.717, 1.165) is 42.4 Å². The first-order chi connectivity index (χ1) is 10.7. The van der Waals surface area contributed by atoms with Crippen molar-refractivity contribution < 1.29 is 4.79 Å². The number of aromatic nitrogens is 4. The summed E-state index contributed by atoms with van der Waals surface area (Å²) in [6, 6.07) is 7.67. The maximum absolute atomic E-state index is 12.3. The zero-order valence-corrected chi connectivity index (χ0v) is 13.7. The molecule has 7 heteroatoms. The van der Waals surface area contributed by atoms with Gasteiger partial charge in [-0.1, -0.05) is 15.9 Å². The first-order valence-electron chi connectivity index (χ1n) is 7.48. The van der Waals surface area contributed by atoms with E-state index in [-0.39, 0.29) is 11.8 Å². The van der Waals surface area contributed by atoms with E-state index in [4.69, 9.17) is 0 Å². The van der Waals surface area contributed by atoms with Crippen LogP contribution in [0.15, 0.2) is 35.1 Å². The number of benzene rings is 1. The topological polar surface area (TPSA) is 72.7 Å². The Hall–Kier alpha value is -1.76. The van der Waals surface area contributed by atoms with E-state index in [1.54, 1.807) is 11.0 Å². The second kappa shape index (κ2) is 7.00. The summed E-state index contributed by atoms with van der Waals surface area (Å²) < 4.78 is 2.78. The van der Waals surface area contributed by atoms with E-state index >= 15 is 0 Å². The molecule has 0 atom stereocenters. The number of nitrogens with zero attached hydrogens (tertiary/aromatic N) is 4. The van der Waals surface area contributed by atoms with Crippen molar-refractivity contribution in [1.29, 1.82) is 0 Å². The lowest BCUT2D eigenvalue weighted by atomic mass is 9.81. The highest BCUT2D eigenvalue weighted by Gasteiger charge is 2.26. The Morgan fingerprint density at radius 2 is 1.95 bits per heavy atom. The summed E-state index contributed by atoms with van der Waals surface area (Å²) in [5.41, 5.74) is 0.851. The molecule has 1 heterocycles. The average Bonchev–Trinajstić information content (AvgIpc) is 3.03. The molecule has 0 aliphatic heterocycles. The first kappa shape index (κ1) is 15.1. The highest BCUT2D eigenvalue weighted by Crippen LogP contribution is 2.30. The van der Waals surface area contributed by atoms with Crippen molar-refractivity contribution in [2.75, 3.05) is 5.32 Å². The predicted molar refractivity (Wildman–Crippen MR) is 86.0 cm³/mol. The van der Waals surface area contributed by atoms with E-state index in [2.05, 4.69) is 36.8 Å². The van der Waals surface area contributed by atoms with Gasteiger partial charge in [-0.05, 0) is 66.3 Å². The van der Waals surface area contributed by atoms with Gasteiger partial charge in [0.2, 0.25) is 5.91 Å². The predicted octanol–water partition coefficient (Wildman–Crippen LogP) is 2.88. The van der Waals surface area contributed by atoms with Gasteiger partial charge in [-0.2, -0.15) is 0 Å². The summed E-state index contributed by atoms with van der Waals surface area (Å²) in [5, 5.41) is 14.2. The fourth-order valence-corrected chi connectivity index (χ4v) is 3.18. The molecular weight excluding hydrogens is 346 g/mol. The van der Waals surface area contributed by atoms with Crippen LogP contribution in [0, 0.1) is 11.8 Å². The molecule has 0 bridgehead atoms. The molecule has 6 nitrogen and oxygen atoms in total. The monoisotopic (exact) mass is 363 g/mol. The summed E-state index contributed by atoms with van der Waals surface area (Å²) in [5.74, 6) is 0.789. The quantitative estimate of drug-likeness (QED) is 0.906. The van der Waals surface area contributed by atoms with Crippen molar-refractivity contribution in [2.24, 2.45) is 11.8 Å². The van der Waals surface area contributed by atoms with Crippen LogP contribution in [-0.2, 0) is 11.3 Å². The van der Waals surface area contributed by atoms with Gasteiger partial charge in [-0.3, -0.25) is 4.79 Å². The number of hydrogen-bond acceptors (Lipinski definition) is 4. The molecule has 1 amide bonds. The van der Waals surface area contributed by atoms with Gasteiger partial charge in [0, 0.05) is 22.6 Å². The van der Waals surface area contributed by atoms with Crippen LogP contribution in [0.3, 0.4) is 0 Å². The standard InChI is InChI=1S/C15H18BrN5O/c16-13-5-7-14(8-6-13)18-15(22)12-3-1-11(2-4-12)9-21-10-17-19-20-21/h5-8,10-12H,1-4,9H2,(H,18,22). The van der Waals surface area contributed by atoms with Crippen LogP contribution in [0.4, 0.5) is 5.69 Å². The SMILES string of the molecule is O=C(Nc1ccc(Br)cc1)C1CCC(Cn2cnnn2)CC1. The number of nitrogens with one attached hydrogen (secondary N) is 1. The Labute approximate surface area is 137 Å². The maximum Gasteiger partial charge on any atom is 0.227 e. The number of amides is 1. The zero-order valence-electron chi connectivity index (χ0n) is 12.2. The van der Waals surface area contributed by atoms with Crippen LogP contribution in [0.5, 0.6) is 0 Å². The fourth-order valence-electron chi connectivity index (χ4n) is 2.91. The Morgan fingerprint density at radius 1 is 1.23 bits per heavy atom. The van der Waals surface area contributed by atoms with Gasteiger partial charge < -0.3 is 5.32 Å². The molecule has 1 aliphatic carbocycles. The van der Waals surface area contributed by atoms with Crippen LogP contribution >= 0.6 is 15.9 Å². The number of hydrogen-bond donors (Lipinski definition) is 1. The highest BCUT2D eigenvalue weighted by molar-refractivity contribution is 9.10. The minimum Gasteiger partial charge on any atom is -0.326 e. The number of rotatable bonds is 4. The molecule has 2 aromatic rings. The summed E-state index contributed by atoms with van der Waals surface area (Å²) in [6.45, 7) is 0.841. The lowest BCUT2D eigenvalue weighted by Gasteiger charge is -2.27. The Balaban J connectivity index is 1.48. The lowest BCUT2D eigenvalue weighted by Crippen LogP contribution is -2.28. The molecule has 1 fully saturated rings. The third-order valence-corrected chi connectivity index (χ3v) is 4.69. The van der Waals surface area contributed by atoms with Crippen molar-refractivity contribution in [3.05, 3.63) is 35.1 Å². The van der Waals surface area contributed by atoms with Gasteiger partial charge >= 0.3 is 0 Å². The van der Waals surface area contributed by atoms with Crippen LogP contribution in [0.2, 0.25) is 0 Å². The average molecular weight is 364 g/mol. The molecule has 22 heavy (non-hydrogen) atoms. The van der Waals surface area contributed by atoms with Crippen molar-refractivity contribution >= 4 is 27.5 Å². The van der Waals surface area contributed by atoms with Crippen LogP contribution < -0.4 is 5.32 Å². The molecule has 1 aliphatic rings. The minimum absolute atomic E-state index is 0.105. The van der Waals surface area contributed by atoms with Crippen molar-refractivity contribution in [3.63, 3.8) is 0 Å². The molecule has 1 saturated carbocycles. The fraction of sp³-hybridized carbons (Fsp3) is 0.467. The smallest absolute Gasteiger partial charge is 0.227 e. The van der Waals surface area contributed by atoms with E-state index in [9.17, 15) is 4.79 Å². The Morgan fingerprint density at radius 3 is 2.59 bits per heavy atom. The van der Waals surface area contributed by atoms with E-state index in [0.29, 0.717) is 5.92 Å². The molecule has 0 saturated heterocycles. The molecule has 1 N–H and O–H groups in total. The number of carbonyl (C=O) groups is 1. The maximum atomic E-state index is 12.3. The molecule has 116 valence electrons. The summed E-state index contributed by atoms with van der Waals surface area (Å²) in [4.78, 5) is 12.3. The third-order valence-electron chi connectivity index (χ3n) is 4.17. The van der Waals surface area contributed by atoms with Crippen LogP contribution in [0.25, 0.3) is 0 Å². The summed E-state index contributed by atoms with van der Waals surface area (Å²) in [7, 11) is 0. The van der Waals surface area contributed by atoms with Gasteiger partial charge in [-0.15, -0.1) is 5.10 Å². The van der Waals surface area contributed by atoms with Crippen LogP contribution in [-0.4, -0.2) is 26.1 Å². The summed E-state index contributed by atoms with van der Waals surface area (Å²) in [6.07, 6.45) is 5.58. The van der Waals surface area contributed by atoms with Gasteiger partial charge in [0.15, 0.2) is 0 Å². The van der Waals surface area contributed by atoms with Gasteiger partial charge in [0.1, 0.15) is 6.33 Å². The van der Waals surface area contributed by atoms with E-state index < -0.39 is 0 Å². The summed E-state index contributed by atoms with van der Waals surface area (Å²) >= 11 is 3.39. The van der Waals surface area contributed by atoms with Crippen LogP contribution in [0.1, 0.15) is 25.7 Å². The first-order valence-corrected chi connectivity index (χ1v) is 8.27. The van der Waals surface area contributed by atoms with Gasteiger partial charge in [-0.25, -0.2) is 4.68 Å². The molecule has 1 aromatic heterocycles. The zero-order chi connectivity index (χ0) is 15.4. The van der Waals surface area contributed by atoms with E-state index in [1.807, 2.05) is 24.3 Å². The molecule has 0 radical (unpaired) electrons. The number of carbonyl (C=O) groups excluding carboxylic acids is 1. The number of anilines is 1. The largest absolute Gasteiger partial charge is 0.326 e. The highest BCUT2D eigenvalue weighted by atomic mass is 79.9. The molecule has 0 spiro atoms. The normalized spacial score (nSPS) is 21.5. The molecule has 1 aromatic carbocycles. The second-order valence-corrected chi connectivity index (χ2v) is 6.66. The molecule has 0 unspecified atom stereocenters. The Bertz CT molecular complexity index is 605. The van der Waals surface area contributed by atoms with Crippen molar-refractivity contribution in [3.8, 4) is 0 Å². The third kappa shape index (κ3) is 3.91. The molecule has 3 rings (SSSR count). The van der Waals surface area contributed by atoms with E-state index in [1.165, 1.54) is 0 Å². The lowest BCUT2D eigenvalue weighted by molar-refractivity contribution is -0.121. The van der Waals surface area contributed by atoms with Crippen molar-refractivity contribution in [1.82, 2.24) is 20.2 Å². The number of halogens is 1.